The van der Waals surface area contributed by atoms with Crippen LogP contribution in [0.15, 0.2) is 36.4 Å². The topological polar surface area (TPSA) is 40.5 Å². The second-order valence-corrected chi connectivity index (χ2v) is 11.5. The highest BCUT2D eigenvalue weighted by molar-refractivity contribution is 5.56. The lowest BCUT2D eigenvalue weighted by Gasteiger charge is -2.33. The Morgan fingerprint density at radius 3 is 1.58 bits per heavy atom. The van der Waals surface area contributed by atoms with Crippen molar-refractivity contribution in [1.29, 1.82) is 0 Å². The monoisotopic (exact) mass is 420 g/mol. The van der Waals surface area contributed by atoms with E-state index in [1.54, 1.807) is 0 Å². The van der Waals surface area contributed by atoms with Gasteiger partial charge in [0, 0.05) is 17.0 Å². The molecule has 0 saturated carbocycles. The van der Waals surface area contributed by atoms with Crippen molar-refractivity contribution < 1.29 is 10.2 Å². The van der Waals surface area contributed by atoms with Crippen molar-refractivity contribution in [3.05, 3.63) is 69.8 Å². The van der Waals surface area contributed by atoms with Crippen LogP contribution in [0.4, 0.5) is 0 Å². The molecule has 1 atom stereocenters. The molecule has 2 aromatic rings. The van der Waals surface area contributed by atoms with E-state index in [1.807, 2.05) is 0 Å². The maximum absolute atomic E-state index is 11.5. The predicted octanol–water partition coefficient (Wildman–Crippen LogP) is 7.80. The Morgan fingerprint density at radius 1 is 0.774 bits per heavy atom. The molecule has 2 N–H and O–H groups in total. The molecule has 2 nitrogen and oxygen atoms in total. The summed E-state index contributed by atoms with van der Waals surface area (Å²) in [6.07, 6.45) is 7.84. The molecule has 2 aromatic carbocycles. The molecule has 3 rings (SSSR count). The fraction of sp³-hybridized carbons (Fsp3) is 0.517. The number of phenolic OH excluding ortho intramolecular Hbond substituents is 2. The molecule has 2 heteroatoms. The molecule has 0 bridgehead atoms. The molecule has 0 saturated heterocycles. The number of benzene rings is 2. The standard InChI is InChI=1S/C29H40O2/c1-18-14-21(26(30)23(16-18)28(3,4)5)25(20-12-10-9-11-13-20)22-15-19(2)17-24(27(22)31)29(6,7)8/h10,12,14-17,20,25,30-31H,9,11,13H2,1-8H3. The van der Waals surface area contributed by atoms with Crippen LogP contribution in [0.25, 0.3) is 0 Å². The minimum Gasteiger partial charge on any atom is -0.507 e. The van der Waals surface area contributed by atoms with Crippen molar-refractivity contribution in [1.82, 2.24) is 0 Å². The van der Waals surface area contributed by atoms with Crippen LogP contribution in [0.1, 0.15) is 100 Å². The van der Waals surface area contributed by atoms with Crippen LogP contribution < -0.4 is 0 Å². The van der Waals surface area contributed by atoms with E-state index in [2.05, 4.69) is 91.8 Å². The highest BCUT2D eigenvalue weighted by Crippen LogP contribution is 2.49. The molecular weight excluding hydrogens is 380 g/mol. The Balaban J connectivity index is 2.34. The van der Waals surface area contributed by atoms with Gasteiger partial charge in [-0.3, -0.25) is 0 Å². The summed E-state index contributed by atoms with van der Waals surface area (Å²) in [6.45, 7) is 17.0. The molecule has 1 aliphatic carbocycles. The molecule has 0 fully saturated rings. The van der Waals surface area contributed by atoms with Gasteiger partial charge in [0.05, 0.1) is 0 Å². The highest BCUT2D eigenvalue weighted by atomic mass is 16.3. The summed E-state index contributed by atoms with van der Waals surface area (Å²) in [4.78, 5) is 0. The average molecular weight is 421 g/mol. The van der Waals surface area contributed by atoms with E-state index in [4.69, 9.17) is 0 Å². The van der Waals surface area contributed by atoms with E-state index < -0.39 is 0 Å². The van der Waals surface area contributed by atoms with Gasteiger partial charge in [-0.1, -0.05) is 89.1 Å². The van der Waals surface area contributed by atoms with E-state index in [1.165, 1.54) is 0 Å². The van der Waals surface area contributed by atoms with Crippen molar-refractivity contribution in [2.24, 2.45) is 5.92 Å². The van der Waals surface area contributed by atoms with Gasteiger partial charge in [0.2, 0.25) is 0 Å². The fourth-order valence-corrected chi connectivity index (χ4v) is 4.98. The third-order valence-electron chi connectivity index (χ3n) is 6.57. The summed E-state index contributed by atoms with van der Waals surface area (Å²) in [6, 6.07) is 8.44. The lowest BCUT2D eigenvalue weighted by Crippen LogP contribution is -2.20. The van der Waals surface area contributed by atoms with Crippen LogP contribution >= 0.6 is 0 Å². The van der Waals surface area contributed by atoms with E-state index in [-0.39, 0.29) is 22.7 Å². The summed E-state index contributed by atoms with van der Waals surface area (Å²) < 4.78 is 0. The number of phenols is 2. The van der Waals surface area contributed by atoms with Crippen molar-refractivity contribution >= 4 is 0 Å². The summed E-state index contributed by atoms with van der Waals surface area (Å²) in [5.41, 5.74) is 5.76. The maximum Gasteiger partial charge on any atom is 0.123 e. The van der Waals surface area contributed by atoms with E-state index in [0.29, 0.717) is 11.5 Å². The molecule has 0 radical (unpaired) electrons. The Bertz CT molecular complexity index is 914. The molecule has 0 aromatic heterocycles. The number of hydrogen-bond acceptors (Lipinski definition) is 2. The predicted molar refractivity (Wildman–Crippen MR) is 131 cm³/mol. The van der Waals surface area contributed by atoms with Crippen LogP contribution in [0, 0.1) is 19.8 Å². The third kappa shape index (κ3) is 4.84. The first kappa shape index (κ1) is 23.4. The van der Waals surface area contributed by atoms with Crippen molar-refractivity contribution in [3.63, 3.8) is 0 Å². The van der Waals surface area contributed by atoms with Gasteiger partial charge in [-0.2, -0.15) is 0 Å². The molecule has 0 heterocycles. The summed E-state index contributed by atoms with van der Waals surface area (Å²) in [7, 11) is 0. The second-order valence-electron chi connectivity index (χ2n) is 11.5. The maximum atomic E-state index is 11.5. The highest BCUT2D eigenvalue weighted by Gasteiger charge is 2.33. The summed E-state index contributed by atoms with van der Waals surface area (Å²) >= 11 is 0. The smallest absolute Gasteiger partial charge is 0.123 e. The minimum atomic E-state index is -0.164. The Labute approximate surface area is 189 Å². The largest absolute Gasteiger partial charge is 0.507 e. The van der Waals surface area contributed by atoms with Gasteiger partial charge in [-0.25, -0.2) is 0 Å². The number of allylic oxidation sites excluding steroid dienone is 2. The first-order valence-electron chi connectivity index (χ1n) is 11.7. The van der Waals surface area contributed by atoms with E-state index in [9.17, 15) is 10.2 Å². The zero-order chi connectivity index (χ0) is 23.1. The molecule has 1 aliphatic rings. The van der Waals surface area contributed by atoms with Crippen LogP contribution in [-0.4, -0.2) is 10.2 Å². The minimum absolute atomic E-state index is 0.0847. The second kappa shape index (κ2) is 8.37. The number of aryl methyl sites for hydroxylation is 2. The van der Waals surface area contributed by atoms with Crippen LogP contribution in [0.3, 0.4) is 0 Å². The van der Waals surface area contributed by atoms with Gasteiger partial charge < -0.3 is 10.2 Å². The summed E-state index contributed by atoms with van der Waals surface area (Å²) in [5.74, 6) is 0.911. The van der Waals surface area contributed by atoms with Crippen LogP contribution in [-0.2, 0) is 10.8 Å². The third-order valence-corrected chi connectivity index (χ3v) is 6.57. The van der Waals surface area contributed by atoms with Crippen molar-refractivity contribution in [2.75, 3.05) is 0 Å². The van der Waals surface area contributed by atoms with Gasteiger partial charge in [0.15, 0.2) is 0 Å². The van der Waals surface area contributed by atoms with Gasteiger partial charge in [-0.15, -0.1) is 0 Å². The van der Waals surface area contributed by atoms with Crippen LogP contribution in [0.2, 0.25) is 0 Å². The van der Waals surface area contributed by atoms with Crippen molar-refractivity contribution in [3.8, 4) is 11.5 Å². The molecule has 31 heavy (non-hydrogen) atoms. The zero-order valence-electron chi connectivity index (χ0n) is 20.6. The average Bonchev–Trinajstić information content (AvgIpc) is 2.66. The lowest BCUT2D eigenvalue weighted by molar-refractivity contribution is 0.405. The molecule has 0 spiro atoms. The first-order chi connectivity index (χ1) is 14.3. The zero-order valence-corrected chi connectivity index (χ0v) is 20.6. The van der Waals surface area contributed by atoms with Crippen LogP contribution in [0.5, 0.6) is 11.5 Å². The SMILES string of the molecule is Cc1cc(C(c2cc(C)cc(C(C)(C)C)c2O)C2C=CCCC2)c(O)c(C(C)(C)C)c1. The normalized spacial score (nSPS) is 17.4. The number of hydrogen-bond donors (Lipinski definition) is 2. The number of rotatable bonds is 3. The molecule has 1 unspecified atom stereocenters. The summed E-state index contributed by atoms with van der Waals surface area (Å²) in [5, 5.41) is 23.0. The van der Waals surface area contributed by atoms with Gasteiger partial charge >= 0.3 is 0 Å². The lowest BCUT2D eigenvalue weighted by atomic mass is 9.72. The van der Waals surface area contributed by atoms with Gasteiger partial charge in [0.25, 0.3) is 0 Å². The van der Waals surface area contributed by atoms with Gasteiger partial charge in [-0.05, 0) is 61.0 Å². The van der Waals surface area contributed by atoms with E-state index >= 15 is 0 Å². The van der Waals surface area contributed by atoms with Crippen molar-refractivity contribution in [2.45, 2.75) is 91.4 Å². The van der Waals surface area contributed by atoms with E-state index in [0.717, 1.165) is 52.6 Å². The molecule has 0 aliphatic heterocycles. The Morgan fingerprint density at radius 2 is 1.23 bits per heavy atom. The Kier molecular flexibility index (Phi) is 6.33. The molecular formula is C29H40O2. The molecule has 168 valence electrons. The Hall–Kier alpha value is -2.22. The first-order valence-corrected chi connectivity index (χ1v) is 11.7. The molecule has 0 amide bonds. The quantitative estimate of drug-likeness (QED) is 0.497. The fourth-order valence-electron chi connectivity index (χ4n) is 4.98. The number of aromatic hydroxyl groups is 2. The van der Waals surface area contributed by atoms with Gasteiger partial charge in [0.1, 0.15) is 11.5 Å².